The third kappa shape index (κ3) is 4.26. The Morgan fingerprint density at radius 1 is 1.38 bits per heavy atom. The fourth-order valence-electron chi connectivity index (χ4n) is 1.80. The Morgan fingerprint density at radius 3 is 2.38 bits per heavy atom. The maximum Gasteiger partial charge on any atom is 0.339 e. The number of hydrogen-bond donors (Lipinski definition) is 2. The zero-order valence-electron chi connectivity index (χ0n) is 12.3. The van der Waals surface area contributed by atoms with E-state index < -0.39 is 21.9 Å². The van der Waals surface area contributed by atoms with Gasteiger partial charge in [0.15, 0.2) is 0 Å². The lowest BCUT2D eigenvalue weighted by Crippen LogP contribution is -2.34. The number of anilines is 1. The van der Waals surface area contributed by atoms with Gasteiger partial charge in [0.1, 0.15) is 5.00 Å². The van der Waals surface area contributed by atoms with E-state index in [1.807, 2.05) is 6.92 Å². The van der Waals surface area contributed by atoms with Gasteiger partial charge >= 0.3 is 5.97 Å². The molecule has 0 fully saturated rings. The van der Waals surface area contributed by atoms with Crippen LogP contribution in [-0.2, 0) is 21.2 Å². The van der Waals surface area contributed by atoms with Crippen molar-refractivity contribution in [1.29, 1.82) is 0 Å². The smallest absolute Gasteiger partial charge is 0.339 e. The summed E-state index contributed by atoms with van der Waals surface area (Å²) in [5.41, 5.74) is 0.759. The molecule has 0 atom stereocenters. The van der Waals surface area contributed by atoms with Crippen molar-refractivity contribution < 1.29 is 23.1 Å². The van der Waals surface area contributed by atoms with Gasteiger partial charge in [-0.15, -0.1) is 11.3 Å². The summed E-state index contributed by atoms with van der Waals surface area (Å²) < 4.78 is 23.4. The van der Waals surface area contributed by atoms with E-state index in [0.29, 0.717) is 12.0 Å². The van der Waals surface area contributed by atoms with Crippen LogP contribution >= 0.6 is 11.3 Å². The Balaban J connectivity index is 2.99. The van der Waals surface area contributed by atoms with Crippen LogP contribution in [0.2, 0.25) is 0 Å². The second-order valence-electron chi connectivity index (χ2n) is 4.57. The van der Waals surface area contributed by atoms with Crippen LogP contribution < -0.4 is 5.32 Å². The van der Waals surface area contributed by atoms with Gasteiger partial charge in [0, 0.05) is 11.9 Å². The minimum atomic E-state index is -3.46. The first-order valence-corrected chi connectivity index (χ1v) is 8.81. The molecule has 0 saturated heterocycles. The molecule has 0 bridgehead atoms. The van der Waals surface area contributed by atoms with Gasteiger partial charge in [0.25, 0.3) is 0 Å². The van der Waals surface area contributed by atoms with Crippen LogP contribution in [0, 0.1) is 6.92 Å². The van der Waals surface area contributed by atoms with Gasteiger partial charge in [-0.25, -0.2) is 13.2 Å². The fraction of sp³-hybridized carbons (Fsp3) is 0.500. The molecule has 1 amide bonds. The van der Waals surface area contributed by atoms with Crippen molar-refractivity contribution in [2.75, 3.05) is 25.2 Å². The van der Waals surface area contributed by atoms with E-state index >= 15 is 0 Å². The fourth-order valence-corrected chi connectivity index (χ4v) is 3.31. The van der Waals surface area contributed by atoms with E-state index in [2.05, 4.69) is 5.32 Å². The molecule has 0 unspecified atom stereocenters. The number of rotatable bonds is 6. The zero-order chi connectivity index (χ0) is 16.4. The molecule has 0 radical (unpaired) electrons. The Bertz CT molecular complexity index is 663. The molecule has 0 spiro atoms. The Labute approximate surface area is 127 Å². The monoisotopic (exact) mass is 334 g/mol. The first kappa shape index (κ1) is 17.6. The van der Waals surface area contributed by atoms with Gasteiger partial charge in [-0.1, -0.05) is 6.92 Å². The van der Waals surface area contributed by atoms with Crippen LogP contribution in [0.4, 0.5) is 5.00 Å². The van der Waals surface area contributed by atoms with Crippen LogP contribution in [0.1, 0.15) is 27.7 Å². The van der Waals surface area contributed by atoms with Gasteiger partial charge in [-0.2, -0.15) is 4.31 Å². The number of carboxylic acids is 1. The topological polar surface area (TPSA) is 104 Å². The second-order valence-corrected chi connectivity index (χ2v) is 7.88. The lowest BCUT2D eigenvalue weighted by atomic mass is 10.1. The quantitative estimate of drug-likeness (QED) is 0.812. The number of nitrogens with one attached hydrogen (secondary N) is 1. The van der Waals surface area contributed by atoms with Crippen LogP contribution in [0.5, 0.6) is 0 Å². The molecule has 21 heavy (non-hydrogen) atoms. The number of aryl methyl sites for hydroxylation is 1. The van der Waals surface area contributed by atoms with Gasteiger partial charge in [-0.05, 0) is 18.9 Å². The van der Waals surface area contributed by atoms with Crippen LogP contribution in [0.25, 0.3) is 0 Å². The average molecular weight is 334 g/mol. The maximum atomic E-state index is 11.8. The normalized spacial score (nSPS) is 11.7. The lowest BCUT2D eigenvalue weighted by molar-refractivity contribution is -0.116. The number of thiophene rings is 1. The molecule has 1 aromatic heterocycles. The summed E-state index contributed by atoms with van der Waals surface area (Å²) in [5.74, 6) is -1.68. The number of carbonyl (C=O) groups is 2. The summed E-state index contributed by atoms with van der Waals surface area (Å²) in [6.45, 7) is 3.26. The predicted molar refractivity (Wildman–Crippen MR) is 81.5 cm³/mol. The maximum absolute atomic E-state index is 11.8. The third-order valence-corrected chi connectivity index (χ3v) is 5.29. The second kappa shape index (κ2) is 6.54. The van der Waals surface area contributed by atoms with Crippen molar-refractivity contribution in [3.05, 3.63) is 16.0 Å². The molecular formula is C12H18N2O5S2. The number of amides is 1. The van der Waals surface area contributed by atoms with E-state index in [9.17, 15) is 23.1 Å². The lowest BCUT2D eigenvalue weighted by Gasteiger charge is -2.13. The van der Waals surface area contributed by atoms with Crippen molar-refractivity contribution >= 4 is 38.2 Å². The van der Waals surface area contributed by atoms with Crippen molar-refractivity contribution in [1.82, 2.24) is 4.31 Å². The number of likely N-dealkylation sites (N-methyl/N-ethyl adjacent to an activating group) is 1. The van der Waals surface area contributed by atoms with Crippen molar-refractivity contribution in [3.8, 4) is 0 Å². The van der Waals surface area contributed by atoms with E-state index in [1.165, 1.54) is 18.4 Å². The van der Waals surface area contributed by atoms with Gasteiger partial charge in [0.2, 0.25) is 15.9 Å². The number of carbonyl (C=O) groups excluding carboxylic acids is 1. The molecule has 9 heteroatoms. The van der Waals surface area contributed by atoms with Gasteiger partial charge in [-0.3, -0.25) is 4.79 Å². The summed E-state index contributed by atoms with van der Waals surface area (Å²) in [6, 6.07) is 0. The zero-order valence-corrected chi connectivity index (χ0v) is 13.9. The summed E-state index contributed by atoms with van der Waals surface area (Å²) >= 11 is 1.18. The minimum absolute atomic E-state index is 0.0790. The van der Waals surface area contributed by atoms with Crippen molar-refractivity contribution in [2.45, 2.75) is 20.3 Å². The van der Waals surface area contributed by atoms with E-state index in [-0.39, 0.29) is 17.1 Å². The standard InChI is InChI=1S/C12H18N2O5S2/c1-5-8-7(2)20-11(10(8)12(16)17)13-9(15)6-14(3)21(4,18)19/h5-6H2,1-4H3,(H,13,15)(H,16,17). The third-order valence-electron chi connectivity index (χ3n) is 2.96. The van der Waals surface area contributed by atoms with E-state index in [1.54, 1.807) is 6.92 Å². The SMILES string of the molecule is CCc1c(C)sc(NC(=O)CN(C)S(C)(=O)=O)c1C(=O)O. The highest BCUT2D eigenvalue weighted by molar-refractivity contribution is 7.88. The van der Waals surface area contributed by atoms with Crippen LogP contribution in [-0.4, -0.2) is 49.6 Å². The summed E-state index contributed by atoms with van der Waals surface area (Å²) in [5, 5.41) is 12.0. The highest BCUT2D eigenvalue weighted by Crippen LogP contribution is 2.33. The molecule has 1 aromatic rings. The molecule has 1 rings (SSSR count). The molecule has 2 N–H and O–H groups in total. The number of sulfonamides is 1. The number of nitrogens with zero attached hydrogens (tertiary/aromatic N) is 1. The molecule has 0 aliphatic heterocycles. The first-order chi connectivity index (χ1) is 9.57. The average Bonchev–Trinajstić information content (AvgIpc) is 2.63. The molecular weight excluding hydrogens is 316 g/mol. The van der Waals surface area contributed by atoms with Crippen LogP contribution in [0.15, 0.2) is 0 Å². The van der Waals surface area contributed by atoms with E-state index in [0.717, 1.165) is 15.4 Å². The Morgan fingerprint density at radius 2 is 1.95 bits per heavy atom. The largest absolute Gasteiger partial charge is 0.478 e. The predicted octanol–water partition coefficient (Wildman–Crippen LogP) is 1.15. The summed E-state index contributed by atoms with van der Waals surface area (Å²) in [6.07, 6.45) is 1.54. The highest BCUT2D eigenvalue weighted by atomic mass is 32.2. The number of hydrogen-bond acceptors (Lipinski definition) is 5. The van der Waals surface area contributed by atoms with Crippen LogP contribution in [0.3, 0.4) is 0 Å². The number of aromatic carboxylic acids is 1. The van der Waals surface area contributed by atoms with Crippen molar-refractivity contribution in [2.24, 2.45) is 0 Å². The molecule has 0 aliphatic rings. The Hall–Kier alpha value is -1.45. The summed E-state index contributed by atoms with van der Waals surface area (Å²) in [7, 11) is -2.18. The molecule has 118 valence electrons. The van der Waals surface area contributed by atoms with Gasteiger partial charge in [0.05, 0.1) is 18.4 Å². The van der Waals surface area contributed by atoms with Crippen molar-refractivity contribution in [3.63, 3.8) is 0 Å². The Kier molecular flexibility index (Phi) is 5.48. The minimum Gasteiger partial charge on any atom is -0.478 e. The first-order valence-electron chi connectivity index (χ1n) is 6.14. The van der Waals surface area contributed by atoms with Gasteiger partial charge < -0.3 is 10.4 Å². The molecule has 7 nitrogen and oxygen atoms in total. The highest BCUT2D eigenvalue weighted by Gasteiger charge is 2.23. The molecule has 0 aromatic carbocycles. The molecule has 1 heterocycles. The van der Waals surface area contributed by atoms with E-state index in [4.69, 9.17) is 0 Å². The summed E-state index contributed by atoms with van der Waals surface area (Å²) in [4.78, 5) is 24.0. The molecule has 0 saturated carbocycles. The molecule has 0 aliphatic carbocycles. The number of carboxylic acid groups (broad SMARTS) is 1.